The van der Waals surface area contributed by atoms with Gasteiger partial charge in [0.05, 0.1) is 12.8 Å². The number of sulfonamides is 1. The first-order valence-electron chi connectivity index (χ1n) is 10.9. The molecule has 0 aliphatic carbocycles. The number of rotatable bonds is 7. The Morgan fingerprint density at radius 1 is 1.00 bits per heavy atom. The van der Waals surface area contributed by atoms with Crippen LogP contribution in [-0.2, 0) is 14.8 Å². The molecule has 0 spiro atoms. The molecule has 0 saturated carbocycles. The van der Waals surface area contributed by atoms with E-state index in [9.17, 15) is 18.0 Å². The van der Waals surface area contributed by atoms with Crippen LogP contribution in [0.3, 0.4) is 0 Å². The van der Waals surface area contributed by atoms with E-state index < -0.39 is 10.0 Å². The lowest BCUT2D eigenvalue weighted by atomic mass is 9.98. The average molecular weight is 452 g/mol. The fourth-order valence-corrected chi connectivity index (χ4v) is 4.95. The van der Waals surface area contributed by atoms with Gasteiger partial charge in [0.25, 0.3) is 0 Å². The summed E-state index contributed by atoms with van der Waals surface area (Å²) in [6.45, 7) is 3.46. The Hall–Kier alpha value is -2.17. The van der Waals surface area contributed by atoms with Crippen LogP contribution >= 0.6 is 0 Å². The number of para-hydroxylation sites is 1. The molecule has 0 aromatic heterocycles. The molecule has 2 saturated heterocycles. The Balaban J connectivity index is 1.29. The maximum absolute atomic E-state index is 12.2. The highest BCUT2D eigenvalue weighted by Gasteiger charge is 2.26. The second-order valence-electron chi connectivity index (χ2n) is 8.42. The van der Waals surface area contributed by atoms with Gasteiger partial charge < -0.3 is 16.0 Å². The lowest BCUT2D eigenvalue weighted by Gasteiger charge is -2.32. The minimum atomic E-state index is -3.12. The van der Waals surface area contributed by atoms with Crippen molar-refractivity contribution in [2.75, 3.05) is 50.8 Å². The van der Waals surface area contributed by atoms with Crippen molar-refractivity contribution in [1.82, 2.24) is 19.8 Å². The molecule has 3 amide bonds. The topological polar surface area (TPSA) is 111 Å². The van der Waals surface area contributed by atoms with E-state index in [0.717, 1.165) is 44.5 Å². The van der Waals surface area contributed by atoms with E-state index in [4.69, 9.17) is 0 Å². The summed E-state index contributed by atoms with van der Waals surface area (Å²) in [5.41, 5.74) is 0.794. The summed E-state index contributed by atoms with van der Waals surface area (Å²) in [4.78, 5) is 26.5. The average Bonchev–Trinajstić information content (AvgIpc) is 2.74. The Bertz CT molecular complexity index is 833. The smallest absolute Gasteiger partial charge is 0.315 e. The van der Waals surface area contributed by atoms with E-state index in [1.807, 2.05) is 30.3 Å². The van der Waals surface area contributed by atoms with Gasteiger partial charge in [-0.1, -0.05) is 18.2 Å². The summed E-state index contributed by atoms with van der Waals surface area (Å²) in [6.07, 6.45) is 4.37. The van der Waals surface area contributed by atoms with Crippen LogP contribution in [0.15, 0.2) is 30.3 Å². The van der Waals surface area contributed by atoms with Crippen molar-refractivity contribution < 1.29 is 18.0 Å². The van der Waals surface area contributed by atoms with Gasteiger partial charge in [-0.15, -0.1) is 0 Å². The second-order valence-corrected chi connectivity index (χ2v) is 10.4. The van der Waals surface area contributed by atoms with E-state index in [1.54, 1.807) is 0 Å². The molecule has 0 unspecified atom stereocenters. The zero-order valence-electron chi connectivity index (χ0n) is 18.0. The van der Waals surface area contributed by atoms with E-state index in [0.29, 0.717) is 32.1 Å². The molecular weight excluding hydrogens is 418 g/mol. The molecule has 3 N–H and O–H groups in total. The van der Waals surface area contributed by atoms with Crippen LogP contribution in [-0.4, -0.2) is 81.1 Å². The summed E-state index contributed by atoms with van der Waals surface area (Å²) >= 11 is 0. The van der Waals surface area contributed by atoms with Crippen molar-refractivity contribution in [2.24, 2.45) is 5.92 Å². The van der Waals surface area contributed by atoms with Crippen molar-refractivity contribution in [3.63, 3.8) is 0 Å². The maximum Gasteiger partial charge on any atom is 0.315 e. The Labute approximate surface area is 184 Å². The molecule has 2 heterocycles. The number of hydrogen-bond donors (Lipinski definition) is 3. The molecular formula is C21H33N5O4S. The van der Waals surface area contributed by atoms with Crippen LogP contribution < -0.4 is 16.0 Å². The van der Waals surface area contributed by atoms with E-state index in [2.05, 4.69) is 20.9 Å². The maximum atomic E-state index is 12.2. The van der Waals surface area contributed by atoms with Crippen molar-refractivity contribution in [2.45, 2.75) is 31.7 Å². The van der Waals surface area contributed by atoms with E-state index in [1.165, 1.54) is 10.6 Å². The zero-order valence-corrected chi connectivity index (χ0v) is 18.9. The van der Waals surface area contributed by atoms with Crippen LogP contribution in [0.2, 0.25) is 0 Å². The predicted molar refractivity (Wildman–Crippen MR) is 120 cm³/mol. The van der Waals surface area contributed by atoms with Gasteiger partial charge in [0.1, 0.15) is 0 Å². The summed E-state index contributed by atoms with van der Waals surface area (Å²) in [5, 5.41) is 8.84. The molecule has 2 fully saturated rings. The number of piperidine rings is 2. The molecule has 1 aromatic rings. The first-order chi connectivity index (χ1) is 14.8. The number of benzene rings is 1. The van der Waals surface area contributed by atoms with Crippen LogP contribution in [0.1, 0.15) is 25.7 Å². The Morgan fingerprint density at radius 3 is 2.26 bits per heavy atom. The van der Waals surface area contributed by atoms with Gasteiger partial charge in [-0.2, -0.15) is 0 Å². The fraction of sp³-hybridized carbons (Fsp3) is 0.619. The molecule has 31 heavy (non-hydrogen) atoms. The van der Waals surface area contributed by atoms with Crippen molar-refractivity contribution in [1.29, 1.82) is 0 Å². The Morgan fingerprint density at radius 2 is 1.65 bits per heavy atom. The third-order valence-electron chi connectivity index (χ3n) is 5.94. The molecule has 9 nitrogen and oxygen atoms in total. The number of anilines is 1. The highest BCUT2D eigenvalue weighted by molar-refractivity contribution is 7.88. The van der Waals surface area contributed by atoms with Gasteiger partial charge in [0.15, 0.2) is 0 Å². The SMILES string of the molecule is CS(=O)(=O)N1CCC(CNC(=O)NC2CCN(CC(=O)Nc3ccccc3)CC2)CC1. The monoisotopic (exact) mass is 451 g/mol. The number of nitrogens with zero attached hydrogens (tertiary/aromatic N) is 2. The van der Waals surface area contributed by atoms with Crippen LogP contribution in [0.25, 0.3) is 0 Å². The van der Waals surface area contributed by atoms with Crippen LogP contribution in [0.5, 0.6) is 0 Å². The first kappa shape index (κ1) is 23.5. The van der Waals surface area contributed by atoms with Crippen molar-refractivity contribution in [3.05, 3.63) is 30.3 Å². The lowest BCUT2D eigenvalue weighted by Crippen LogP contribution is -2.50. The number of hydrogen-bond acceptors (Lipinski definition) is 5. The number of carbonyl (C=O) groups is 2. The zero-order chi connectivity index (χ0) is 22.3. The Kier molecular flexibility index (Phi) is 8.28. The number of carbonyl (C=O) groups excluding carboxylic acids is 2. The first-order valence-corrected chi connectivity index (χ1v) is 12.7. The molecule has 2 aliphatic heterocycles. The quantitative estimate of drug-likeness (QED) is 0.574. The number of likely N-dealkylation sites (tertiary alicyclic amines) is 1. The number of amides is 3. The van der Waals surface area contributed by atoms with Gasteiger partial charge in [-0.3, -0.25) is 9.69 Å². The summed E-state index contributed by atoms with van der Waals surface area (Å²) in [7, 11) is -3.12. The summed E-state index contributed by atoms with van der Waals surface area (Å²) in [6, 6.07) is 9.33. The van der Waals surface area contributed by atoms with Crippen LogP contribution in [0.4, 0.5) is 10.5 Å². The van der Waals surface area contributed by atoms with Gasteiger partial charge in [0, 0.05) is 44.5 Å². The highest BCUT2D eigenvalue weighted by atomic mass is 32.2. The molecule has 0 radical (unpaired) electrons. The highest BCUT2D eigenvalue weighted by Crippen LogP contribution is 2.18. The van der Waals surface area contributed by atoms with Crippen LogP contribution in [0, 0.1) is 5.92 Å². The molecule has 2 aliphatic rings. The molecule has 0 atom stereocenters. The van der Waals surface area contributed by atoms with Crippen molar-refractivity contribution in [3.8, 4) is 0 Å². The third-order valence-corrected chi connectivity index (χ3v) is 7.24. The normalized spacial score (nSPS) is 19.6. The predicted octanol–water partition coefficient (Wildman–Crippen LogP) is 1.06. The van der Waals surface area contributed by atoms with E-state index >= 15 is 0 Å². The lowest BCUT2D eigenvalue weighted by molar-refractivity contribution is -0.117. The van der Waals surface area contributed by atoms with Gasteiger partial charge in [-0.05, 0) is 43.7 Å². The van der Waals surface area contributed by atoms with E-state index in [-0.39, 0.29) is 18.0 Å². The fourth-order valence-electron chi connectivity index (χ4n) is 4.08. The molecule has 3 rings (SSSR count). The number of nitrogens with one attached hydrogen (secondary N) is 3. The second kappa shape index (κ2) is 10.9. The minimum absolute atomic E-state index is 0.0303. The summed E-state index contributed by atoms with van der Waals surface area (Å²) in [5.74, 6) is 0.269. The molecule has 0 bridgehead atoms. The minimum Gasteiger partial charge on any atom is -0.338 e. The summed E-state index contributed by atoms with van der Waals surface area (Å²) < 4.78 is 24.6. The van der Waals surface area contributed by atoms with Gasteiger partial charge in [-0.25, -0.2) is 17.5 Å². The molecule has 1 aromatic carbocycles. The molecule has 10 heteroatoms. The van der Waals surface area contributed by atoms with Gasteiger partial charge in [0.2, 0.25) is 15.9 Å². The largest absolute Gasteiger partial charge is 0.338 e. The van der Waals surface area contributed by atoms with Crippen molar-refractivity contribution >= 4 is 27.6 Å². The third kappa shape index (κ3) is 7.79. The van der Waals surface area contributed by atoms with Gasteiger partial charge >= 0.3 is 6.03 Å². The standard InChI is InChI=1S/C21H33N5O4S/c1-31(29,30)26-13-7-17(8-14-26)15-22-21(28)24-19-9-11-25(12-10-19)16-20(27)23-18-5-3-2-4-6-18/h2-6,17,19H,7-16H2,1H3,(H,23,27)(H2,22,24,28). The number of urea groups is 1. The molecule has 172 valence electrons.